The van der Waals surface area contributed by atoms with Crippen molar-refractivity contribution in [2.24, 2.45) is 5.10 Å². The highest BCUT2D eigenvalue weighted by molar-refractivity contribution is 5.99. The number of nitrogens with zero attached hydrogens (tertiary/aromatic N) is 3. The van der Waals surface area contributed by atoms with Crippen molar-refractivity contribution in [2.75, 3.05) is 5.43 Å². The van der Waals surface area contributed by atoms with Gasteiger partial charge in [0.15, 0.2) is 0 Å². The van der Waals surface area contributed by atoms with Gasteiger partial charge < -0.3 is 0 Å². The van der Waals surface area contributed by atoms with Crippen LogP contribution in [0.4, 0.5) is 28.9 Å². The summed E-state index contributed by atoms with van der Waals surface area (Å²) in [5.74, 6) is -7.12. The Balaban J connectivity index is 2.34. The minimum Gasteiger partial charge on any atom is -0.272 e. The van der Waals surface area contributed by atoms with E-state index in [2.05, 4.69) is 10.1 Å². The van der Waals surface area contributed by atoms with Crippen LogP contribution in [0.25, 0.3) is 0 Å². The Kier molecular flexibility index (Phi) is 4.53. The first kappa shape index (κ1) is 16.3. The van der Waals surface area contributed by atoms with E-state index in [-0.39, 0.29) is 17.0 Å². The summed E-state index contributed by atoms with van der Waals surface area (Å²) in [4.78, 5) is 12.5. The highest BCUT2D eigenvalue weighted by atomic mass is 19.2. The predicted octanol–water partition coefficient (Wildman–Crippen LogP) is 3.38. The summed E-state index contributed by atoms with van der Waals surface area (Å²) in [5.41, 5.74) is 0.874. The van der Waals surface area contributed by atoms with Gasteiger partial charge >= 0.3 is 0 Å². The largest absolute Gasteiger partial charge is 0.272 e. The van der Waals surface area contributed by atoms with E-state index in [1.54, 1.807) is 0 Å². The molecule has 2 rings (SSSR count). The van der Waals surface area contributed by atoms with Gasteiger partial charge in [-0.2, -0.15) is 27.6 Å². The van der Waals surface area contributed by atoms with E-state index < -0.39 is 34.1 Å². The first-order chi connectivity index (χ1) is 10.8. The van der Waals surface area contributed by atoms with Gasteiger partial charge in [-0.1, -0.05) is 12.1 Å². The molecule has 0 saturated heterocycles. The van der Waals surface area contributed by atoms with Crippen molar-refractivity contribution in [1.29, 1.82) is 0 Å². The minimum atomic E-state index is -1.82. The Morgan fingerprint density at radius 3 is 2.39 bits per heavy atom. The molecule has 0 spiro atoms. The maximum absolute atomic E-state index is 13.4. The monoisotopic (exact) mass is 328 g/mol. The zero-order valence-electron chi connectivity index (χ0n) is 11.5. The molecule has 0 aliphatic rings. The maximum atomic E-state index is 13.4. The third kappa shape index (κ3) is 3.42. The lowest BCUT2D eigenvalue weighted by Gasteiger charge is -2.06. The zero-order valence-corrected chi connectivity index (χ0v) is 11.5. The van der Waals surface area contributed by atoms with E-state index in [0.717, 1.165) is 0 Å². The lowest BCUT2D eigenvalue weighted by Crippen LogP contribution is -2.08. The van der Waals surface area contributed by atoms with Crippen molar-refractivity contribution in [3.8, 4) is 0 Å². The van der Waals surface area contributed by atoms with Crippen molar-refractivity contribution >= 4 is 17.1 Å². The van der Waals surface area contributed by atoms with E-state index in [9.17, 15) is 27.7 Å². The van der Waals surface area contributed by atoms with Gasteiger partial charge in [0.1, 0.15) is 5.69 Å². The first-order valence-corrected chi connectivity index (χ1v) is 6.06. The molecule has 0 radical (unpaired) electrons. The van der Waals surface area contributed by atoms with Crippen LogP contribution in [0.1, 0.15) is 12.5 Å². The van der Waals surface area contributed by atoms with Gasteiger partial charge in [0.25, 0.3) is 17.6 Å². The third-order valence-electron chi connectivity index (χ3n) is 2.81. The van der Waals surface area contributed by atoms with Crippen molar-refractivity contribution in [3.05, 3.63) is 63.5 Å². The molecule has 0 fully saturated rings. The molecule has 2 aromatic rings. The summed E-state index contributed by atoms with van der Waals surface area (Å²) in [7, 11) is 0. The van der Waals surface area contributed by atoms with Crippen LogP contribution in [0.2, 0.25) is 0 Å². The second kappa shape index (κ2) is 6.38. The molecule has 1 aromatic carbocycles. The summed E-state index contributed by atoms with van der Waals surface area (Å²) < 4.78 is 52.7. The Labute approximate surface area is 126 Å². The van der Waals surface area contributed by atoms with E-state index in [1.165, 1.54) is 31.2 Å². The lowest BCUT2D eigenvalue weighted by molar-refractivity contribution is -0.384. The molecule has 0 bridgehead atoms. The number of rotatable bonds is 4. The molecular weight excluding hydrogens is 320 g/mol. The summed E-state index contributed by atoms with van der Waals surface area (Å²) in [5, 5.41) is 14.3. The van der Waals surface area contributed by atoms with Crippen LogP contribution in [0.5, 0.6) is 0 Å². The molecule has 1 N–H and O–H groups in total. The summed E-state index contributed by atoms with van der Waals surface area (Å²) in [6, 6.07) is 5.28. The highest BCUT2D eigenvalue weighted by Gasteiger charge is 2.20. The number of benzene rings is 1. The summed E-state index contributed by atoms with van der Waals surface area (Å²) in [6.07, 6.45) is 0. The second-order valence-corrected chi connectivity index (χ2v) is 4.31. The number of nitrogens with one attached hydrogen (secondary N) is 1. The van der Waals surface area contributed by atoms with Crippen LogP contribution in [-0.2, 0) is 0 Å². The molecule has 10 heteroatoms. The standard InChI is InChI=1S/C13H8F4N4O2/c1-6(7-3-2-4-8(5-7)21(22)23)19-20-11-9(14)12(16)18-13(17)10(11)15/h2-5H,1H3,(H,18,20)/b19-6+. The molecule has 120 valence electrons. The number of aromatic nitrogens is 1. The number of non-ortho nitro benzene ring substituents is 1. The topological polar surface area (TPSA) is 80.4 Å². The molecule has 0 amide bonds. The van der Waals surface area contributed by atoms with Gasteiger partial charge in [0, 0.05) is 17.7 Å². The SMILES string of the molecule is C/C(=N\Nc1c(F)c(F)nc(F)c1F)c1cccc([N+](=O)[O-])c1. The van der Waals surface area contributed by atoms with E-state index in [0.29, 0.717) is 0 Å². The molecule has 6 nitrogen and oxygen atoms in total. The second-order valence-electron chi connectivity index (χ2n) is 4.31. The van der Waals surface area contributed by atoms with Crippen molar-refractivity contribution in [3.63, 3.8) is 0 Å². The van der Waals surface area contributed by atoms with Crippen LogP contribution in [0.15, 0.2) is 29.4 Å². The number of hydrogen-bond donors (Lipinski definition) is 1. The van der Waals surface area contributed by atoms with Gasteiger partial charge in [0.2, 0.25) is 11.6 Å². The quantitative estimate of drug-likeness (QED) is 0.307. The minimum absolute atomic E-state index is 0.102. The van der Waals surface area contributed by atoms with Gasteiger partial charge in [-0.25, -0.2) is 0 Å². The Bertz CT molecular complexity index is 785. The van der Waals surface area contributed by atoms with Crippen LogP contribution in [-0.4, -0.2) is 15.6 Å². The molecule has 0 unspecified atom stereocenters. The van der Waals surface area contributed by atoms with Crippen molar-refractivity contribution in [2.45, 2.75) is 6.92 Å². The van der Waals surface area contributed by atoms with E-state index >= 15 is 0 Å². The summed E-state index contributed by atoms with van der Waals surface area (Å²) in [6.45, 7) is 1.38. The number of halogens is 4. The highest BCUT2D eigenvalue weighted by Crippen LogP contribution is 2.22. The molecule has 23 heavy (non-hydrogen) atoms. The van der Waals surface area contributed by atoms with Gasteiger partial charge in [-0.05, 0) is 6.92 Å². The smallest absolute Gasteiger partial charge is 0.270 e. The number of anilines is 1. The number of nitro benzene ring substituents is 1. The zero-order chi connectivity index (χ0) is 17.1. The van der Waals surface area contributed by atoms with Crippen molar-refractivity contribution in [1.82, 2.24) is 4.98 Å². The number of hydrogen-bond acceptors (Lipinski definition) is 5. The average molecular weight is 328 g/mol. The Hall–Kier alpha value is -3.04. The van der Waals surface area contributed by atoms with Gasteiger partial charge in [-0.3, -0.25) is 15.5 Å². The number of nitro groups is 1. The molecular formula is C13H8F4N4O2. The van der Waals surface area contributed by atoms with E-state index in [1.807, 2.05) is 5.43 Å². The van der Waals surface area contributed by atoms with Crippen LogP contribution < -0.4 is 5.43 Å². The fraction of sp³-hybridized carbons (Fsp3) is 0.0769. The fourth-order valence-corrected chi connectivity index (χ4v) is 1.63. The molecule has 1 aromatic heterocycles. The molecule has 1 heterocycles. The summed E-state index contributed by atoms with van der Waals surface area (Å²) >= 11 is 0. The molecule has 0 aliphatic carbocycles. The fourth-order valence-electron chi connectivity index (χ4n) is 1.63. The first-order valence-electron chi connectivity index (χ1n) is 6.06. The normalized spacial score (nSPS) is 11.4. The Morgan fingerprint density at radius 1 is 1.22 bits per heavy atom. The third-order valence-corrected chi connectivity index (χ3v) is 2.81. The molecule has 0 atom stereocenters. The number of pyridine rings is 1. The average Bonchev–Trinajstić information content (AvgIpc) is 2.53. The van der Waals surface area contributed by atoms with Gasteiger partial charge in [-0.15, -0.1) is 0 Å². The van der Waals surface area contributed by atoms with Crippen LogP contribution in [0, 0.1) is 33.6 Å². The Morgan fingerprint density at radius 2 is 1.83 bits per heavy atom. The maximum Gasteiger partial charge on any atom is 0.270 e. The molecule has 0 aliphatic heterocycles. The van der Waals surface area contributed by atoms with Gasteiger partial charge in [0.05, 0.1) is 10.6 Å². The van der Waals surface area contributed by atoms with Crippen molar-refractivity contribution < 1.29 is 22.5 Å². The predicted molar refractivity (Wildman–Crippen MR) is 73.0 cm³/mol. The van der Waals surface area contributed by atoms with E-state index in [4.69, 9.17) is 0 Å². The van der Waals surface area contributed by atoms with Crippen LogP contribution in [0.3, 0.4) is 0 Å². The molecule has 0 saturated carbocycles. The lowest BCUT2D eigenvalue weighted by atomic mass is 10.1. The van der Waals surface area contributed by atoms with Crippen LogP contribution >= 0.6 is 0 Å². The number of hydrazone groups is 1.